The molecule has 104 valence electrons. The van der Waals surface area contributed by atoms with Crippen LogP contribution in [0, 0.1) is 29.9 Å². The fraction of sp³-hybridized carbons (Fsp3) is 0.462. The molecule has 0 saturated carbocycles. The molecule has 0 spiro atoms. The molecule has 1 aromatic rings. The maximum Gasteiger partial charge on any atom is 0.274 e. The van der Waals surface area contributed by atoms with Crippen molar-refractivity contribution in [2.75, 3.05) is 18.9 Å². The Balaban J connectivity index is 2.98. The van der Waals surface area contributed by atoms with Crippen molar-refractivity contribution in [3.63, 3.8) is 0 Å². The smallest absolute Gasteiger partial charge is 0.274 e. The van der Waals surface area contributed by atoms with Gasteiger partial charge in [0.05, 0.1) is 10.6 Å². The molecular weight excluding hydrogens is 246 g/mol. The lowest BCUT2D eigenvalue weighted by atomic mass is 10.1. The molecule has 19 heavy (non-hydrogen) atoms. The van der Waals surface area contributed by atoms with E-state index in [1.165, 1.54) is 6.07 Å². The van der Waals surface area contributed by atoms with Crippen molar-refractivity contribution in [3.05, 3.63) is 33.4 Å². The number of nitro groups is 1. The highest BCUT2D eigenvalue weighted by Gasteiger charge is 2.17. The maximum absolute atomic E-state index is 11.9. The molecule has 0 aliphatic carbocycles. The van der Waals surface area contributed by atoms with E-state index in [-0.39, 0.29) is 17.5 Å². The number of nitro benzene ring substituents is 1. The molecule has 6 nitrogen and oxygen atoms in total. The van der Waals surface area contributed by atoms with Crippen molar-refractivity contribution in [3.8, 4) is 0 Å². The van der Waals surface area contributed by atoms with Crippen LogP contribution < -0.4 is 10.6 Å². The Morgan fingerprint density at radius 2 is 2.00 bits per heavy atom. The lowest BCUT2D eigenvalue weighted by Gasteiger charge is -2.13. The van der Waals surface area contributed by atoms with Crippen LogP contribution in [0.2, 0.25) is 0 Å². The number of rotatable bonds is 5. The number of carbonyl (C=O) groups is 1. The van der Waals surface area contributed by atoms with Crippen LogP contribution in [0.3, 0.4) is 0 Å². The van der Waals surface area contributed by atoms with Crippen LogP contribution in [-0.2, 0) is 4.79 Å². The third-order valence-corrected chi connectivity index (χ3v) is 2.96. The van der Waals surface area contributed by atoms with Crippen molar-refractivity contribution in [1.82, 2.24) is 5.32 Å². The highest BCUT2D eigenvalue weighted by molar-refractivity contribution is 5.93. The summed E-state index contributed by atoms with van der Waals surface area (Å²) in [5.41, 5.74) is 1.91. The first-order chi connectivity index (χ1) is 8.86. The van der Waals surface area contributed by atoms with Crippen molar-refractivity contribution in [2.45, 2.75) is 20.8 Å². The van der Waals surface area contributed by atoms with E-state index in [1.807, 2.05) is 6.92 Å². The van der Waals surface area contributed by atoms with Crippen LogP contribution in [-0.4, -0.2) is 24.4 Å². The average molecular weight is 265 g/mol. The molecule has 0 aliphatic rings. The van der Waals surface area contributed by atoms with Crippen LogP contribution in [0.15, 0.2) is 12.1 Å². The minimum absolute atomic E-state index is 0.0159. The maximum atomic E-state index is 11.9. The van der Waals surface area contributed by atoms with Gasteiger partial charge in [-0.2, -0.15) is 0 Å². The van der Waals surface area contributed by atoms with Crippen molar-refractivity contribution >= 4 is 17.3 Å². The van der Waals surface area contributed by atoms with E-state index in [4.69, 9.17) is 0 Å². The number of hydrogen-bond acceptors (Lipinski definition) is 4. The van der Waals surface area contributed by atoms with E-state index in [2.05, 4.69) is 10.6 Å². The molecule has 1 amide bonds. The van der Waals surface area contributed by atoms with Gasteiger partial charge in [-0.3, -0.25) is 14.9 Å². The Morgan fingerprint density at radius 1 is 1.37 bits per heavy atom. The van der Waals surface area contributed by atoms with Gasteiger partial charge in [0.25, 0.3) is 5.69 Å². The summed E-state index contributed by atoms with van der Waals surface area (Å²) < 4.78 is 0. The first kappa shape index (κ1) is 15.1. The molecule has 2 N–H and O–H groups in total. The van der Waals surface area contributed by atoms with Gasteiger partial charge in [0, 0.05) is 24.1 Å². The Morgan fingerprint density at radius 3 is 2.53 bits per heavy atom. The third kappa shape index (κ3) is 3.75. The Bertz CT molecular complexity index is 500. The number of nitrogens with zero attached hydrogens (tertiary/aromatic N) is 1. The predicted octanol–water partition coefficient (Wildman–Crippen LogP) is 2.01. The highest BCUT2D eigenvalue weighted by atomic mass is 16.6. The lowest BCUT2D eigenvalue weighted by molar-refractivity contribution is -0.385. The van der Waals surface area contributed by atoms with Gasteiger partial charge in [-0.1, -0.05) is 6.92 Å². The molecule has 0 fully saturated rings. The van der Waals surface area contributed by atoms with Gasteiger partial charge < -0.3 is 10.6 Å². The van der Waals surface area contributed by atoms with E-state index >= 15 is 0 Å². The van der Waals surface area contributed by atoms with Gasteiger partial charge in [-0.15, -0.1) is 0 Å². The van der Waals surface area contributed by atoms with Gasteiger partial charge in [0.1, 0.15) is 0 Å². The minimum atomic E-state index is -0.443. The van der Waals surface area contributed by atoms with Crippen LogP contribution in [0.5, 0.6) is 0 Å². The number of amides is 1. The van der Waals surface area contributed by atoms with Gasteiger partial charge in [0.15, 0.2) is 0 Å². The summed E-state index contributed by atoms with van der Waals surface area (Å²) in [5.74, 6) is -0.361. The summed E-state index contributed by atoms with van der Waals surface area (Å²) in [5, 5.41) is 16.5. The quantitative estimate of drug-likeness (QED) is 0.630. The normalized spacial score (nSPS) is 12.0. The van der Waals surface area contributed by atoms with Gasteiger partial charge in [-0.05, 0) is 32.5 Å². The standard InChI is InChI=1S/C13H19N3O3/c1-8-5-9(2)12(16(18)19)6-11(8)15-13(17)10(3)7-14-4/h5-6,10,14H,7H2,1-4H3,(H,15,17). The summed E-state index contributed by atoms with van der Waals surface area (Å²) in [6.45, 7) is 5.85. The predicted molar refractivity (Wildman–Crippen MR) is 74.3 cm³/mol. The minimum Gasteiger partial charge on any atom is -0.325 e. The van der Waals surface area contributed by atoms with E-state index < -0.39 is 4.92 Å². The van der Waals surface area contributed by atoms with E-state index in [0.717, 1.165) is 5.56 Å². The lowest BCUT2D eigenvalue weighted by Crippen LogP contribution is -2.28. The second kappa shape index (κ2) is 6.29. The number of aryl methyl sites for hydroxylation is 2. The number of hydrogen-bond donors (Lipinski definition) is 2. The number of nitrogens with one attached hydrogen (secondary N) is 2. The fourth-order valence-corrected chi connectivity index (χ4v) is 1.83. The van der Waals surface area contributed by atoms with Gasteiger partial charge in [0.2, 0.25) is 5.91 Å². The second-order valence-corrected chi connectivity index (χ2v) is 4.66. The number of benzene rings is 1. The summed E-state index contributed by atoms with van der Waals surface area (Å²) in [4.78, 5) is 22.3. The number of anilines is 1. The topological polar surface area (TPSA) is 84.3 Å². The van der Waals surface area contributed by atoms with Crippen LogP contribution in [0.4, 0.5) is 11.4 Å². The zero-order valence-electron chi connectivity index (χ0n) is 11.6. The van der Waals surface area contributed by atoms with E-state index in [1.54, 1.807) is 27.0 Å². The van der Waals surface area contributed by atoms with E-state index in [0.29, 0.717) is 17.8 Å². The SMILES string of the molecule is CNCC(C)C(=O)Nc1cc([N+](=O)[O-])c(C)cc1C. The highest BCUT2D eigenvalue weighted by Crippen LogP contribution is 2.26. The first-order valence-corrected chi connectivity index (χ1v) is 6.08. The Hall–Kier alpha value is -1.95. The molecule has 6 heteroatoms. The molecule has 1 rings (SSSR count). The zero-order chi connectivity index (χ0) is 14.6. The zero-order valence-corrected chi connectivity index (χ0v) is 11.6. The monoisotopic (exact) mass is 265 g/mol. The summed E-state index contributed by atoms with van der Waals surface area (Å²) >= 11 is 0. The van der Waals surface area contributed by atoms with Crippen LogP contribution in [0.25, 0.3) is 0 Å². The molecule has 0 bridgehead atoms. The molecule has 1 aromatic carbocycles. The summed E-state index contributed by atoms with van der Waals surface area (Å²) in [6, 6.07) is 3.12. The van der Waals surface area contributed by atoms with Crippen molar-refractivity contribution in [1.29, 1.82) is 0 Å². The largest absolute Gasteiger partial charge is 0.325 e. The molecule has 0 aromatic heterocycles. The molecule has 0 saturated heterocycles. The van der Waals surface area contributed by atoms with Crippen LogP contribution >= 0.6 is 0 Å². The van der Waals surface area contributed by atoms with Gasteiger partial charge in [-0.25, -0.2) is 0 Å². The van der Waals surface area contributed by atoms with Crippen LogP contribution in [0.1, 0.15) is 18.1 Å². The summed E-state index contributed by atoms with van der Waals surface area (Å²) in [6.07, 6.45) is 0. The van der Waals surface area contributed by atoms with Gasteiger partial charge >= 0.3 is 0 Å². The molecule has 0 aliphatic heterocycles. The van der Waals surface area contributed by atoms with E-state index in [9.17, 15) is 14.9 Å². The molecule has 1 unspecified atom stereocenters. The first-order valence-electron chi connectivity index (χ1n) is 6.08. The molecule has 1 atom stereocenters. The Kier molecular flexibility index (Phi) is 5.00. The molecule has 0 radical (unpaired) electrons. The fourth-order valence-electron chi connectivity index (χ4n) is 1.83. The average Bonchev–Trinajstić information content (AvgIpc) is 2.32. The number of carbonyl (C=O) groups excluding carboxylic acids is 1. The third-order valence-electron chi connectivity index (χ3n) is 2.96. The van der Waals surface area contributed by atoms with Crippen molar-refractivity contribution in [2.24, 2.45) is 5.92 Å². The Labute approximate surface area is 112 Å². The van der Waals surface area contributed by atoms with Crippen molar-refractivity contribution < 1.29 is 9.72 Å². The second-order valence-electron chi connectivity index (χ2n) is 4.66. The molecule has 0 heterocycles. The molecular formula is C13H19N3O3. The summed E-state index contributed by atoms with van der Waals surface area (Å²) in [7, 11) is 1.77.